The van der Waals surface area contributed by atoms with Crippen LogP contribution in [0.4, 0.5) is 0 Å². The molecule has 0 amide bonds. The molecular weight excluding hydrogens is 182 g/mol. The van der Waals surface area contributed by atoms with E-state index in [1.54, 1.807) is 0 Å². The molecule has 0 spiro atoms. The predicted octanol–water partition coefficient (Wildman–Crippen LogP) is -0.0952. The van der Waals surface area contributed by atoms with Crippen LogP contribution in [0.2, 0.25) is 0 Å². The van der Waals surface area contributed by atoms with Gasteiger partial charge in [-0.15, -0.1) is 0 Å². The van der Waals surface area contributed by atoms with E-state index in [9.17, 15) is 0 Å². The van der Waals surface area contributed by atoms with E-state index in [2.05, 4.69) is 5.32 Å². The highest BCUT2D eigenvalue weighted by atomic mass is 16.5. The molecule has 4 heteroatoms. The maximum absolute atomic E-state index is 9.10. The lowest BCUT2D eigenvalue weighted by Crippen LogP contribution is -2.39. The minimum atomic E-state index is 0.100. The van der Waals surface area contributed by atoms with Crippen LogP contribution >= 0.6 is 0 Å². The van der Waals surface area contributed by atoms with Crippen LogP contribution in [0.25, 0.3) is 0 Å². The summed E-state index contributed by atoms with van der Waals surface area (Å²) in [5.74, 6) is 0. The van der Waals surface area contributed by atoms with Crippen LogP contribution in [0, 0.1) is 0 Å². The molecule has 1 aliphatic heterocycles. The Morgan fingerprint density at radius 1 is 1.43 bits per heavy atom. The molecule has 1 saturated heterocycles. The highest BCUT2D eigenvalue weighted by Gasteiger charge is 2.25. The summed E-state index contributed by atoms with van der Waals surface area (Å²) in [6, 6.07) is 0.721. The van der Waals surface area contributed by atoms with E-state index in [0.29, 0.717) is 19.3 Å². The summed E-state index contributed by atoms with van der Waals surface area (Å²) >= 11 is 0. The second kappa shape index (κ2) is 5.07. The van der Waals surface area contributed by atoms with E-state index >= 15 is 0 Å². The van der Waals surface area contributed by atoms with Gasteiger partial charge in [-0.25, -0.2) is 0 Å². The highest BCUT2D eigenvalue weighted by Crippen LogP contribution is 2.19. The van der Waals surface area contributed by atoms with Gasteiger partial charge in [0.1, 0.15) is 0 Å². The molecular formula is C10H19NO3. The Hall–Kier alpha value is -0.160. The summed E-state index contributed by atoms with van der Waals surface area (Å²) in [7, 11) is 0. The topological polar surface area (TPSA) is 50.7 Å². The van der Waals surface area contributed by atoms with Crippen LogP contribution < -0.4 is 5.32 Å². The Kier molecular flexibility index (Phi) is 3.75. The Morgan fingerprint density at radius 2 is 2.29 bits per heavy atom. The lowest BCUT2D eigenvalue weighted by molar-refractivity contribution is 0.0202. The molecule has 0 aromatic heterocycles. The molecule has 0 aromatic rings. The fourth-order valence-corrected chi connectivity index (χ4v) is 1.63. The number of rotatable bonds is 6. The molecule has 14 heavy (non-hydrogen) atoms. The fraction of sp³-hybridized carbons (Fsp3) is 1.00. The van der Waals surface area contributed by atoms with E-state index in [4.69, 9.17) is 14.6 Å². The first-order chi connectivity index (χ1) is 6.88. The largest absolute Gasteiger partial charge is 0.395 e. The predicted molar refractivity (Wildman–Crippen MR) is 52.2 cm³/mol. The molecule has 1 aliphatic carbocycles. The molecule has 2 unspecified atom stereocenters. The van der Waals surface area contributed by atoms with Crippen molar-refractivity contribution in [3.63, 3.8) is 0 Å². The van der Waals surface area contributed by atoms with Gasteiger partial charge in [0.2, 0.25) is 0 Å². The van der Waals surface area contributed by atoms with Crippen LogP contribution in [0.5, 0.6) is 0 Å². The van der Waals surface area contributed by atoms with Crippen LogP contribution in [-0.4, -0.2) is 49.7 Å². The van der Waals surface area contributed by atoms with Gasteiger partial charge in [0.25, 0.3) is 0 Å². The molecule has 82 valence electrons. The first-order valence-corrected chi connectivity index (χ1v) is 5.44. The van der Waals surface area contributed by atoms with Gasteiger partial charge in [-0.2, -0.15) is 0 Å². The van der Waals surface area contributed by atoms with E-state index in [1.165, 1.54) is 12.8 Å². The van der Waals surface area contributed by atoms with Crippen molar-refractivity contribution >= 4 is 0 Å². The number of ether oxygens (including phenoxy) is 2. The van der Waals surface area contributed by atoms with E-state index in [1.807, 2.05) is 0 Å². The van der Waals surface area contributed by atoms with Gasteiger partial charge in [0.15, 0.2) is 0 Å². The average molecular weight is 201 g/mol. The Bertz CT molecular complexity index is 167. The quantitative estimate of drug-likeness (QED) is 0.630. The molecule has 1 heterocycles. The summed E-state index contributed by atoms with van der Waals surface area (Å²) in [5.41, 5.74) is 0. The smallest absolute Gasteiger partial charge is 0.0831 e. The van der Waals surface area contributed by atoms with Crippen molar-refractivity contribution < 1.29 is 14.6 Å². The molecule has 0 aromatic carbocycles. The summed E-state index contributed by atoms with van der Waals surface area (Å²) in [5, 5.41) is 12.5. The molecule has 0 radical (unpaired) electrons. The Morgan fingerprint density at radius 3 is 2.86 bits per heavy atom. The fourth-order valence-electron chi connectivity index (χ4n) is 1.63. The number of hydrogen-bond donors (Lipinski definition) is 2. The normalized spacial score (nSPS) is 29.4. The van der Waals surface area contributed by atoms with Crippen LogP contribution in [0.3, 0.4) is 0 Å². The van der Waals surface area contributed by atoms with Gasteiger partial charge in [0, 0.05) is 12.6 Å². The van der Waals surface area contributed by atoms with E-state index in [0.717, 1.165) is 13.0 Å². The van der Waals surface area contributed by atoms with Crippen molar-refractivity contribution in [1.82, 2.24) is 5.32 Å². The van der Waals surface area contributed by atoms with Gasteiger partial charge in [0.05, 0.1) is 32.0 Å². The van der Waals surface area contributed by atoms with E-state index in [-0.39, 0.29) is 18.8 Å². The monoisotopic (exact) mass is 201 g/mol. The SMILES string of the molecule is OCC(COC1CCOC1)NC1CC1. The zero-order chi connectivity index (χ0) is 9.80. The summed E-state index contributed by atoms with van der Waals surface area (Å²) in [6.45, 7) is 2.27. The van der Waals surface area contributed by atoms with Crippen molar-refractivity contribution in [1.29, 1.82) is 0 Å². The number of hydrogen-bond acceptors (Lipinski definition) is 4. The first-order valence-electron chi connectivity index (χ1n) is 5.44. The zero-order valence-electron chi connectivity index (χ0n) is 8.45. The average Bonchev–Trinajstić information content (AvgIpc) is 2.86. The first kappa shape index (κ1) is 10.4. The van der Waals surface area contributed by atoms with Crippen molar-refractivity contribution in [2.45, 2.75) is 37.5 Å². The lowest BCUT2D eigenvalue weighted by Gasteiger charge is -2.18. The van der Waals surface area contributed by atoms with Crippen molar-refractivity contribution in [2.75, 3.05) is 26.4 Å². The number of aliphatic hydroxyl groups excluding tert-OH is 1. The van der Waals surface area contributed by atoms with Gasteiger partial charge >= 0.3 is 0 Å². The van der Waals surface area contributed by atoms with Gasteiger partial charge in [-0.05, 0) is 19.3 Å². The summed E-state index contributed by atoms with van der Waals surface area (Å²) in [6.07, 6.45) is 3.71. The van der Waals surface area contributed by atoms with Crippen LogP contribution in [0.15, 0.2) is 0 Å². The van der Waals surface area contributed by atoms with Gasteiger partial charge in [-0.3, -0.25) is 0 Å². The summed E-state index contributed by atoms with van der Waals surface area (Å²) < 4.78 is 10.8. The standard InChI is InChI=1S/C10H19NO3/c12-5-9(11-8-1-2-8)6-14-10-3-4-13-7-10/h8-12H,1-7H2. The third kappa shape index (κ3) is 3.20. The van der Waals surface area contributed by atoms with Crippen molar-refractivity contribution in [3.8, 4) is 0 Å². The maximum Gasteiger partial charge on any atom is 0.0831 e. The third-order valence-corrected chi connectivity index (χ3v) is 2.69. The number of nitrogens with one attached hydrogen (secondary N) is 1. The zero-order valence-corrected chi connectivity index (χ0v) is 8.45. The van der Waals surface area contributed by atoms with Crippen LogP contribution in [-0.2, 0) is 9.47 Å². The molecule has 2 N–H and O–H groups in total. The molecule has 2 atom stereocenters. The second-order valence-corrected chi connectivity index (χ2v) is 4.14. The molecule has 2 rings (SSSR count). The second-order valence-electron chi connectivity index (χ2n) is 4.14. The van der Waals surface area contributed by atoms with Gasteiger partial charge in [-0.1, -0.05) is 0 Å². The highest BCUT2D eigenvalue weighted by molar-refractivity contribution is 4.84. The maximum atomic E-state index is 9.10. The van der Waals surface area contributed by atoms with Crippen molar-refractivity contribution in [2.24, 2.45) is 0 Å². The third-order valence-electron chi connectivity index (χ3n) is 2.69. The molecule has 2 aliphatic rings. The van der Waals surface area contributed by atoms with Crippen LogP contribution in [0.1, 0.15) is 19.3 Å². The van der Waals surface area contributed by atoms with E-state index < -0.39 is 0 Å². The number of aliphatic hydroxyl groups is 1. The molecule has 1 saturated carbocycles. The molecule has 2 fully saturated rings. The Balaban J connectivity index is 1.60. The van der Waals surface area contributed by atoms with Gasteiger partial charge < -0.3 is 19.9 Å². The molecule has 4 nitrogen and oxygen atoms in total. The van der Waals surface area contributed by atoms with Crippen molar-refractivity contribution in [3.05, 3.63) is 0 Å². The minimum absolute atomic E-state index is 0.100. The Labute approximate surface area is 84.6 Å². The summed E-state index contributed by atoms with van der Waals surface area (Å²) in [4.78, 5) is 0. The minimum Gasteiger partial charge on any atom is -0.395 e. The lowest BCUT2D eigenvalue weighted by atomic mass is 10.3. The molecule has 0 bridgehead atoms.